The number of nitrogens with two attached hydrogens (primary N) is 1. The second kappa shape index (κ2) is 4.31. The normalized spacial score (nSPS) is 22.8. The Kier molecular flexibility index (Phi) is 2.74. The predicted octanol–water partition coefficient (Wildman–Crippen LogP) is 1.37. The van der Waals surface area contributed by atoms with Crippen LogP contribution in [-0.4, -0.2) is 33.4 Å². The molecular weight excluding hydrogens is 242 g/mol. The van der Waals surface area contributed by atoms with Crippen molar-refractivity contribution in [3.8, 4) is 11.4 Å². The summed E-state index contributed by atoms with van der Waals surface area (Å²) in [6, 6.07) is 5.77. The highest BCUT2D eigenvalue weighted by Gasteiger charge is 2.35. The van der Waals surface area contributed by atoms with E-state index in [0.717, 1.165) is 35.7 Å². The van der Waals surface area contributed by atoms with Crippen LogP contribution in [0.4, 0.5) is 5.69 Å². The molecule has 6 nitrogen and oxygen atoms in total. The van der Waals surface area contributed by atoms with Crippen molar-refractivity contribution in [3.05, 3.63) is 23.8 Å². The number of hydrogen-bond acceptors (Lipinski definition) is 5. The Morgan fingerprint density at radius 2 is 2.26 bits per heavy atom. The smallest absolute Gasteiger partial charge is 0.182 e. The van der Waals surface area contributed by atoms with Gasteiger partial charge in [0.2, 0.25) is 0 Å². The molecule has 0 aliphatic carbocycles. The van der Waals surface area contributed by atoms with E-state index < -0.39 is 0 Å². The third kappa shape index (κ3) is 1.98. The van der Waals surface area contributed by atoms with Crippen LogP contribution in [0.5, 0.6) is 0 Å². The minimum atomic E-state index is -0.174. The first-order chi connectivity index (χ1) is 9.10. The second-order valence-electron chi connectivity index (χ2n) is 5.29. The highest BCUT2D eigenvalue weighted by atomic mass is 16.5. The number of nitrogens with zero attached hydrogens (tertiary/aromatic N) is 4. The molecule has 6 heteroatoms. The highest BCUT2D eigenvalue weighted by molar-refractivity contribution is 5.63. The summed E-state index contributed by atoms with van der Waals surface area (Å²) in [5.41, 5.74) is 8.44. The molecule has 1 fully saturated rings. The van der Waals surface area contributed by atoms with E-state index in [4.69, 9.17) is 10.5 Å². The zero-order valence-corrected chi connectivity index (χ0v) is 11.1. The number of hydrogen-bond donors (Lipinski definition) is 1. The molecule has 0 radical (unpaired) electrons. The molecule has 1 aromatic carbocycles. The SMILES string of the molecule is Cc1cc(N)ccc1-c1nnnn1C1(C)CCOC1. The average molecular weight is 259 g/mol. The molecule has 1 atom stereocenters. The molecule has 2 heterocycles. The van der Waals surface area contributed by atoms with E-state index in [1.54, 1.807) is 0 Å². The lowest BCUT2D eigenvalue weighted by Gasteiger charge is -2.23. The summed E-state index contributed by atoms with van der Waals surface area (Å²) in [6.45, 7) is 5.51. The molecule has 1 aliphatic heterocycles. The van der Waals surface area contributed by atoms with Gasteiger partial charge >= 0.3 is 0 Å². The summed E-state index contributed by atoms with van der Waals surface area (Å²) in [6.07, 6.45) is 0.916. The Bertz CT molecular complexity index is 601. The predicted molar refractivity (Wildman–Crippen MR) is 71.5 cm³/mol. The largest absolute Gasteiger partial charge is 0.399 e. The first-order valence-corrected chi connectivity index (χ1v) is 6.33. The Morgan fingerprint density at radius 1 is 1.42 bits per heavy atom. The molecule has 3 rings (SSSR count). The van der Waals surface area contributed by atoms with Crippen LogP contribution < -0.4 is 5.73 Å². The first-order valence-electron chi connectivity index (χ1n) is 6.33. The van der Waals surface area contributed by atoms with E-state index in [1.165, 1.54) is 0 Å². The van der Waals surface area contributed by atoms with E-state index >= 15 is 0 Å². The van der Waals surface area contributed by atoms with E-state index in [1.807, 2.05) is 29.8 Å². The fourth-order valence-corrected chi connectivity index (χ4v) is 2.48. The van der Waals surface area contributed by atoms with E-state index in [2.05, 4.69) is 22.4 Å². The van der Waals surface area contributed by atoms with Crippen LogP contribution >= 0.6 is 0 Å². The summed E-state index contributed by atoms with van der Waals surface area (Å²) in [5.74, 6) is 0.769. The molecule has 1 aliphatic rings. The molecule has 0 saturated carbocycles. The van der Waals surface area contributed by atoms with Crippen molar-refractivity contribution in [2.75, 3.05) is 18.9 Å². The van der Waals surface area contributed by atoms with Gasteiger partial charge in [0, 0.05) is 17.9 Å². The molecule has 2 aromatic rings. The lowest BCUT2D eigenvalue weighted by molar-refractivity contribution is 0.155. The minimum Gasteiger partial charge on any atom is -0.399 e. The number of aromatic nitrogens is 4. The number of rotatable bonds is 2. The third-order valence-electron chi connectivity index (χ3n) is 3.67. The number of anilines is 1. The summed E-state index contributed by atoms with van der Waals surface area (Å²) in [7, 11) is 0. The molecule has 1 aromatic heterocycles. The van der Waals surface area contributed by atoms with Crippen molar-refractivity contribution in [3.63, 3.8) is 0 Å². The van der Waals surface area contributed by atoms with Gasteiger partial charge in [-0.3, -0.25) is 0 Å². The zero-order valence-electron chi connectivity index (χ0n) is 11.1. The Balaban J connectivity index is 2.09. The zero-order chi connectivity index (χ0) is 13.5. The van der Waals surface area contributed by atoms with Gasteiger partial charge < -0.3 is 10.5 Å². The van der Waals surface area contributed by atoms with Crippen LogP contribution in [0, 0.1) is 6.92 Å². The van der Waals surface area contributed by atoms with Crippen molar-refractivity contribution in [2.45, 2.75) is 25.8 Å². The van der Waals surface area contributed by atoms with Crippen LogP contribution in [-0.2, 0) is 10.3 Å². The van der Waals surface area contributed by atoms with Crippen molar-refractivity contribution in [1.29, 1.82) is 0 Å². The maximum absolute atomic E-state index is 5.79. The van der Waals surface area contributed by atoms with Crippen LogP contribution in [0.1, 0.15) is 18.9 Å². The summed E-state index contributed by atoms with van der Waals surface area (Å²) in [4.78, 5) is 0. The highest BCUT2D eigenvalue weighted by Crippen LogP contribution is 2.31. The molecule has 0 amide bonds. The van der Waals surface area contributed by atoms with Gasteiger partial charge in [-0.25, -0.2) is 4.68 Å². The quantitative estimate of drug-likeness (QED) is 0.824. The number of ether oxygens (including phenoxy) is 1. The van der Waals surface area contributed by atoms with Crippen LogP contribution in [0.3, 0.4) is 0 Å². The second-order valence-corrected chi connectivity index (χ2v) is 5.29. The molecule has 1 saturated heterocycles. The van der Waals surface area contributed by atoms with Crippen molar-refractivity contribution < 1.29 is 4.74 Å². The minimum absolute atomic E-state index is 0.174. The summed E-state index contributed by atoms with van der Waals surface area (Å²) < 4.78 is 7.36. The van der Waals surface area contributed by atoms with Gasteiger partial charge in [-0.1, -0.05) is 0 Å². The molecule has 19 heavy (non-hydrogen) atoms. The van der Waals surface area contributed by atoms with E-state index in [0.29, 0.717) is 6.61 Å². The lowest BCUT2D eigenvalue weighted by Crippen LogP contribution is -2.32. The molecule has 0 spiro atoms. The van der Waals surface area contributed by atoms with Gasteiger partial charge in [0.15, 0.2) is 5.82 Å². The fraction of sp³-hybridized carbons (Fsp3) is 0.462. The van der Waals surface area contributed by atoms with E-state index in [-0.39, 0.29) is 5.54 Å². The Labute approximate surface area is 111 Å². The maximum atomic E-state index is 5.79. The summed E-state index contributed by atoms with van der Waals surface area (Å²) >= 11 is 0. The summed E-state index contributed by atoms with van der Waals surface area (Å²) in [5, 5.41) is 12.2. The Morgan fingerprint density at radius 3 is 2.95 bits per heavy atom. The van der Waals surface area contributed by atoms with Crippen LogP contribution in [0.2, 0.25) is 0 Å². The molecule has 100 valence electrons. The van der Waals surface area contributed by atoms with Gasteiger partial charge in [-0.2, -0.15) is 0 Å². The van der Waals surface area contributed by atoms with Crippen molar-refractivity contribution >= 4 is 5.69 Å². The number of aryl methyl sites for hydroxylation is 1. The van der Waals surface area contributed by atoms with Crippen molar-refractivity contribution in [2.24, 2.45) is 0 Å². The van der Waals surface area contributed by atoms with Gasteiger partial charge in [-0.15, -0.1) is 5.10 Å². The molecule has 1 unspecified atom stereocenters. The van der Waals surface area contributed by atoms with Crippen LogP contribution in [0.25, 0.3) is 11.4 Å². The monoisotopic (exact) mass is 259 g/mol. The van der Waals surface area contributed by atoms with Gasteiger partial charge in [-0.05, 0) is 54.5 Å². The number of nitrogen functional groups attached to an aromatic ring is 1. The van der Waals surface area contributed by atoms with Gasteiger partial charge in [0.25, 0.3) is 0 Å². The number of tetrazole rings is 1. The average Bonchev–Trinajstić information content (AvgIpc) is 2.98. The fourth-order valence-electron chi connectivity index (χ4n) is 2.48. The van der Waals surface area contributed by atoms with Gasteiger partial charge in [0.05, 0.1) is 12.1 Å². The first kappa shape index (κ1) is 12.1. The van der Waals surface area contributed by atoms with Crippen LogP contribution in [0.15, 0.2) is 18.2 Å². The van der Waals surface area contributed by atoms with Gasteiger partial charge in [0.1, 0.15) is 0 Å². The third-order valence-corrected chi connectivity index (χ3v) is 3.67. The number of benzene rings is 1. The topological polar surface area (TPSA) is 78.9 Å². The lowest BCUT2D eigenvalue weighted by atomic mass is 10.0. The molecule has 0 bridgehead atoms. The standard InChI is InChI=1S/C13H17N5O/c1-9-7-10(14)3-4-11(9)12-15-16-17-18(12)13(2)5-6-19-8-13/h3-4,7H,5-6,8,14H2,1-2H3. The van der Waals surface area contributed by atoms with Crippen molar-refractivity contribution in [1.82, 2.24) is 20.2 Å². The molecule has 2 N–H and O–H groups in total. The maximum Gasteiger partial charge on any atom is 0.182 e. The Hall–Kier alpha value is -1.95. The molecular formula is C13H17N5O. The van der Waals surface area contributed by atoms with E-state index in [9.17, 15) is 0 Å².